The Kier molecular flexibility index (Phi) is 6.93. The Labute approximate surface area is 112 Å². The second-order valence-corrected chi connectivity index (χ2v) is 6.83. The molecule has 2 fully saturated rings. The third kappa shape index (κ3) is 5.52. The predicted octanol–water partition coefficient (Wildman–Crippen LogP) is 4.40. The van der Waals surface area contributed by atoms with Crippen LogP contribution < -0.4 is 0 Å². The van der Waals surface area contributed by atoms with Crippen LogP contribution in [-0.2, 0) is 9.05 Å². The zero-order valence-corrected chi connectivity index (χ0v) is 12.2. The highest BCUT2D eigenvalue weighted by Crippen LogP contribution is 2.37. The van der Waals surface area contributed by atoms with Crippen molar-refractivity contribution in [3.63, 3.8) is 0 Å². The van der Waals surface area contributed by atoms with Gasteiger partial charge in [-0.25, -0.2) is 0 Å². The third-order valence-corrected chi connectivity index (χ3v) is 5.03. The quantitative estimate of drug-likeness (QED) is 0.730. The van der Waals surface area contributed by atoms with E-state index in [1.807, 2.05) is 0 Å². The monoisotopic (exact) mass is 274 g/mol. The van der Waals surface area contributed by atoms with Crippen molar-refractivity contribution in [2.24, 2.45) is 11.8 Å². The summed E-state index contributed by atoms with van der Waals surface area (Å²) in [5.74, 6) is 1.29. The summed E-state index contributed by atoms with van der Waals surface area (Å²) in [6, 6.07) is 0. The summed E-state index contributed by atoms with van der Waals surface area (Å²) >= 11 is 0. The summed E-state index contributed by atoms with van der Waals surface area (Å²) in [6.45, 7) is 1.37. The van der Waals surface area contributed by atoms with E-state index in [-0.39, 0.29) is 0 Å². The molecule has 0 radical (unpaired) electrons. The highest BCUT2D eigenvalue weighted by molar-refractivity contribution is 7.40. The predicted molar refractivity (Wildman–Crippen MR) is 74.2 cm³/mol. The molecule has 0 aromatic heterocycles. The lowest BCUT2D eigenvalue weighted by atomic mass is 9.90. The summed E-state index contributed by atoms with van der Waals surface area (Å²) in [7, 11) is -1.63. The molecule has 0 bridgehead atoms. The van der Waals surface area contributed by atoms with E-state index < -0.39 is 8.60 Å². The van der Waals surface area contributed by atoms with Gasteiger partial charge in [0, 0.05) is 0 Å². The topological polar surface area (TPSA) is 38.7 Å². The van der Waals surface area contributed by atoms with Crippen LogP contribution in [0.3, 0.4) is 0 Å². The molecule has 0 heterocycles. The van der Waals surface area contributed by atoms with Crippen LogP contribution in [0.5, 0.6) is 0 Å². The van der Waals surface area contributed by atoms with Gasteiger partial charge in [-0.05, 0) is 37.5 Å². The van der Waals surface area contributed by atoms with Crippen molar-refractivity contribution in [2.75, 3.05) is 13.2 Å². The van der Waals surface area contributed by atoms with Crippen molar-refractivity contribution < 1.29 is 13.9 Å². The second kappa shape index (κ2) is 8.47. The van der Waals surface area contributed by atoms with E-state index in [9.17, 15) is 4.89 Å². The van der Waals surface area contributed by atoms with Gasteiger partial charge in [-0.15, -0.1) is 0 Å². The Balaban J connectivity index is 1.52. The van der Waals surface area contributed by atoms with E-state index in [0.29, 0.717) is 25.0 Å². The third-order valence-electron chi connectivity index (χ3n) is 4.29. The number of rotatable bonds is 6. The normalized spacial score (nSPS) is 23.7. The molecule has 1 N–H and O–H groups in total. The van der Waals surface area contributed by atoms with Crippen molar-refractivity contribution in [1.29, 1.82) is 0 Å². The summed E-state index contributed by atoms with van der Waals surface area (Å²) in [6.07, 6.45) is 13.0. The molecule has 2 rings (SSSR count). The van der Waals surface area contributed by atoms with Crippen molar-refractivity contribution >= 4 is 8.60 Å². The largest absolute Gasteiger partial charge is 0.329 e. The van der Waals surface area contributed by atoms with Gasteiger partial charge in [0.05, 0.1) is 13.2 Å². The Morgan fingerprint density at radius 1 is 0.722 bits per heavy atom. The van der Waals surface area contributed by atoms with Gasteiger partial charge >= 0.3 is 8.60 Å². The molecule has 2 aliphatic rings. The first-order chi connectivity index (χ1) is 8.84. The first kappa shape index (κ1) is 14.7. The van der Waals surface area contributed by atoms with Gasteiger partial charge in [0.2, 0.25) is 0 Å². The molecule has 0 atom stereocenters. The zero-order valence-electron chi connectivity index (χ0n) is 11.4. The Morgan fingerprint density at radius 3 is 1.50 bits per heavy atom. The summed E-state index contributed by atoms with van der Waals surface area (Å²) in [5, 5.41) is 0. The van der Waals surface area contributed by atoms with Crippen molar-refractivity contribution in [1.82, 2.24) is 0 Å². The fraction of sp³-hybridized carbons (Fsp3) is 1.00. The molecule has 0 aromatic carbocycles. The van der Waals surface area contributed by atoms with Crippen molar-refractivity contribution in [3.8, 4) is 0 Å². The molecule has 2 saturated carbocycles. The van der Waals surface area contributed by atoms with Gasteiger partial charge in [-0.2, -0.15) is 0 Å². The van der Waals surface area contributed by atoms with Crippen LogP contribution >= 0.6 is 8.60 Å². The lowest BCUT2D eigenvalue weighted by Crippen LogP contribution is -2.14. The number of hydrogen-bond acceptors (Lipinski definition) is 3. The Hall–Kier alpha value is 0.310. The molecule has 3 nitrogen and oxygen atoms in total. The van der Waals surface area contributed by atoms with Crippen LogP contribution in [0.25, 0.3) is 0 Å². The first-order valence-corrected chi connectivity index (χ1v) is 8.72. The molecule has 0 spiro atoms. The SMILES string of the molecule is OP(OCC1CCCCC1)OCC1CCCCC1. The average molecular weight is 274 g/mol. The van der Waals surface area contributed by atoms with Gasteiger partial charge in [0.15, 0.2) is 0 Å². The molecule has 0 unspecified atom stereocenters. The molecular weight excluding hydrogens is 247 g/mol. The highest BCUT2D eigenvalue weighted by Gasteiger charge is 2.19. The fourth-order valence-corrected chi connectivity index (χ4v) is 3.83. The van der Waals surface area contributed by atoms with Crippen LogP contribution in [0, 0.1) is 11.8 Å². The van der Waals surface area contributed by atoms with Crippen molar-refractivity contribution in [2.45, 2.75) is 64.2 Å². The standard InChI is InChI=1S/C14H27O3P/c15-18(16-11-13-7-3-1-4-8-13)17-12-14-9-5-2-6-10-14/h13-15H,1-12H2. The minimum atomic E-state index is -1.63. The maximum absolute atomic E-state index is 9.73. The summed E-state index contributed by atoms with van der Waals surface area (Å²) < 4.78 is 10.9. The Morgan fingerprint density at radius 2 is 1.11 bits per heavy atom. The minimum Gasteiger partial charge on any atom is -0.328 e. The summed E-state index contributed by atoms with van der Waals surface area (Å²) in [4.78, 5) is 9.73. The molecule has 2 aliphatic carbocycles. The molecule has 106 valence electrons. The smallest absolute Gasteiger partial charge is 0.328 e. The average Bonchev–Trinajstić information content (AvgIpc) is 2.45. The number of hydrogen-bond donors (Lipinski definition) is 1. The first-order valence-electron chi connectivity index (χ1n) is 7.59. The molecule has 0 amide bonds. The maximum atomic E-state index is 9.73. The molecular formula is C14H27O3P. The van der Waals surface area contributed by atoms with E-state index in [4.69, 9.17) is 9.05 Å². The van der Waals surface area contributed by atoms with E-state index >= 15 is 0 Å². The maximum Gasteiger partial charge on any atom is 0.329 e. The van der Waals surface area contributed by atoms with Crippen LogP contribution in [0.4, 0.5) is 0 Å². The van der Waals surface area contributed by atoms with Gasteiger partial charge in [0.1, 0.15) is 0 Å². The molecule has 0 aromatic rings. The molecule has 0 saturated heterocycles. The van der Waals surface area contributed by atoms with Crippen LogP contribution in [0.1, 0.15) is 64.2 Å². The van der Waals surface area contributed by atoms with E-state index in [0.717, 1.165) is 0 Å². The second-order valence-electron chi connectivity index (χ2n) is 5.84. The Bertz CT molecular complexity index is 191. The van der Waals surface area contributed by atoms with Gasteiger partial charge in [0.25, 0.3) is 0 Å². The zero-order chi connectivity index (χ0) is 12.6. The van der Waals surface area contributed by atoms with E-state index in [2.05, 4.69) is 0 Å². The van der Waals surface area contributed by atoms with Crippen LogP contribution in [0.2, 0.25) is 0 Å². The van der Waals surface area contributed by atoms with Crippen LogP contribution in [-0.4, -0.2) is 18.1 Å². The fourth-order valence-electron chi connectivity index (χ4n) is 3.08. The lowest BCUT2D eigenvalue weighted by Gasteiger charge is -2.24. The highest BCUT2D eigenvalue weighted by atomic mass is 31.2. The van der Waals surface area contributed by atoms with E-state index in [1.165, 1.54) is 64.2 Å². The molecule has 0 aliphatic heterocycles. The molecule has 4 heteroatoms. The molecule has 18 heavy (non-hydrogen) atoms. The van der Waals surface area contributed by atoms with Crippen molar-refractivity contribution in [3.05, 3.63) is 0 Å². The summed E-state index contributed by atoms with van der Waals surface area (Å²) in [5.41, 5.74) is 0. The van der Waals surface area contributed by atoms with Crippen LogP contribution in [0.15, 0.2) is 0 Å². The van der Waals surface area contributed by atoms with E-state index in [1.54, 1.807) is 0 Å². The van der Waals surface area contributed by atoms with Gasteiger partial charge in [-0.1, -0.05) is 38.5 Å². The van der Waals surface area contributed by atoms with Gasteiger partial charge in [-0.3, -0.25) is 0 Å². The van der Waals surface area contributed by atoms with Gasteiger partial charge < -0.3 is 13.9 Å². The lowest BCUT2D eigenvalue weighted by molar-refractivity contribution is 0.135. The minimum absolute atomic E-state index is 0.647.